The maximum Gasteiger partial charge on any atom is 0.272 e. The molecule has 0 aliphatic carbocycles. The summed E-state index contributed by atoms with van der Waals surface area (Å²) in [5, 5.41) is 3.89. The summed E-state index contributed by atoms with van der Waals surface area (Å²) in [7, 11) is 1.63. The van der Waals surface area contributed by atoms with Gasteiger partial charge in [0.2, 0.25) is 0 Å². The van der Waals surface area contributed by atoms with Gasteiger partial charge in [0.15, 0.2) is 0 Å². The molecule has 1 heterocycles. The number of para-hydroxylation sites is 2. The van der Waals surface area contributed by atoms with Crippen LogP contribution in [0.4, 0.5) is 5.69 Å². The number of anilines is 1. The van der Waals surface area contributed by atoms with Gasteiger partial charge in [-0.3, -0.25) is 4.79 Å². The number of aromatic amines is 1. The third-order valence-electron chi connectivity index (χ3n) is 3.93. The zero-order valence-electron chi connectivity index (χ0n) is 14.0. The van der Waals surface area contributed by atoms with E-state index in [1.807, 2.05) is 56.3 Å². The Bertz CT molecular complexity index is 883. The van der Waals surface area contributed by atoms with E-state index >= 15 is 0 Å². The predicted octanol–water partition coefficient (Wildman–Crippen LogP) is 4.14. The van der Waals surface area contributed by atoms with Crippen molar-refractivity contribution in [1.82, 2.24) is 4.98 Å². The smallest absolute Gasteiger partial charge is 0.272 e. The van der Waals surface area contributed by atoms with Gasteiger partial charge in [0.25, 0.3) is 5.91 Å². The Hall–Kier alpha value is -2.95. The van der Waals surface area contributed by atoms with Crippen molar-refractivity contribution in [3.63, 3.8) is 0 Å². The number of methoxy groups -OCH3 is 1. The topological polar surface area (TPSA) is 63.3 Å². The van der Waals surface area contributed by atoms with E-state index in [9.17, 15) is 4.79 Å². The standard InChI is InChI=1S/C19H20N2O3/c1-4-24-17-8-6-5-7-16(17)21-19(22)18-12(2)14-11-13(23-3)9-10-15(14)20-18/h5-11,20H,4H2,1-3H3,(H,21,22). The molecule has 0 unspecified atom stereocenters. The second-order valence-electron chi connectivity index (χ2n) is 5.42. The van der Waals surface area contributed by atoms with Gasteiger partial charge >= 0.3 is 0 Å². The summed E-state index contributed by atoms with van der Waals surface area (Å²) in [5.41, 5.74) is 2.97. The van der Waals surface area contributed by atoms with Crippen LogP contribution in [0.25, 0.3) is 10.9 Å². The molecule has 0 fully saturated rings. The van der Waals surface area contributed by atoms with Gasteiger partial charge in [0, 0.05) is 10.9 Å². The minimum Gasteiger partial charge on any atom is -0.497 e. The zero-order chi connectivity index (χ0) is 17.1. The molecule has 1 amide bonds. The highest BCUT2D eigenvalue weighted by Crippen LogP contribution is 2.28. The number of fused-ring (bicyclic) bond motifs is 1. The molecule has 0 spiro atoms. The first-order valence-electron chi connectivity index (χ1n) is 7.83. The lowest BCUT2D eigenvalue weighted by atomic mass is 10.1. The van der Waals surface area contributed by atoms with Crippen molar-refractivity contribution in [2.45, 2.75) is 13.8 Å². The largest absolute Gasteiger partial charge is 0.497 e. The third-order valence-corrected chi connectivity index (χ3v) is 3.93. The average molecular weight is 324 g/mol. The monoisotopic (exact) mass is 324 g/mol. The number of hydrogen-bond acceptors (Lipinski definition) is 3. The van der Waals surface area contributed by atoms with E-state index in [1.54, 1.807) is 7.11 Å². The van der Waals surface area contributed by atoms with Crippen molar-refractivity contribution < 1.29 is 14.3 Å². The van der Waals surface area contributed by atoms with E-state index in [-0.39, 0.29) is 5.91 Å². The highest BCUT2D eigenvalue weighted by atomic mass is 16.5. The second-order valence-corrected chi connectivity index (χ2v) is 5.42. The van der Waals surface area contributed by atoms with E-state index in [0.717, 1.165) is 22.2 Å². The summed E-state index contributed by atoms with van der Waals surface area (Å²) in [6.07, 6.45) is 0. The molecule has 5 heteroatoms. The first kappa shape index (κ1) is 15.9. The number of carbonyl (C=O) groups is 1. The quantitative estimate of drug-likeness (QED) is 0.741. The lowest BCUT2D eigenvalue weighted by molar-refractivity contribution is 0.102. The molecule has 24 heavy (non-hydrogen) atoms. The molecule has 0 saturated heterocycles. The van der Waals surface area contributed by atoms with Crippen molar-refractivity contribution in [2.75, 3.05) is 19.0 Å². The summed E-state index contributed by atoms with van der Waals surface area (Å²) in [5.74, 6) is 1.22. The molecule has 0 aliphatic rings. The van der Waals surface area contributed by atoms with Crippen molar-refractivity contribution in [1.29, 1.82) is 0 Å². The maximum absolute atomic E-state index is 12.7. The van der Waals surface area contributed by atoms with Crippen LogP contribution < -0.4 is 14.8 Å². The van der Waals surface area contributed by atoms with Crippen molar-refractivity contribution in [3.8, 4) is 11.5 Å². The Morgan fingerprint density at radius 3 is 2.75 bits per heavy atom. The van der Waals surface area contributed by atoms with Gasteiger partial charge in [0.05, 0.1) is 19.4 Å². The Balaban J connectivity index is 1.93. The molecule has 0 saturated carbocycles. The van der Waals surface area contributed by atoms with Gasteiger partial charge in [-0.15, -0.1) is 0 Å². The molecule has 2 aromatic carbocycles. The number of amides is 1. The van der Waals surface area contributed by atoms with Crippen LogP contribution in [-0.4, -0.2) is 24.6 Å². The maximum atomic E-state index is 12.7. The highest BCUT2D eigenvalue weighted by molar-refractivity contribution is 6.08. The van der Waals surface area contributed by atoms with Crippen molar-refractivity contribution in [2.24, 2.45) is 0 Å². The van der Waals surface area contributed by atoms with Gasteiger partial charge in [-0.2, -0.15) is 0 Å². The van der Waals surface area contributed by atoms with Crippen LogP contribution >= 0.6 is 0 Å². The van der Waals surface area contributed by atoms with Gasteiger partial charge in [-0.1, -0.05) is 12.1 Å². The summed E-state index contributed by atoms with van der Waals surface area (Å²) in [6, 6.07) is 13.1. The Morgan fingerprint density at radius 1 is 1.21 bits per heavy atom. The van der Waals surface area contributed by atoms with E-state index in [1.165, 1.54) is 0 Å². The molecule has 124 valence electrons. The molecule has 3 rings (SSSR count). The summed E-state index contributed by atoms with van der Waals surface area (Å²) >= 11 is 0. The number of benzene rings is 2. The molecule has 1 aromatic heterocycles. The van der Waals surface area contributed by atoms with Crippen LogP contribution in [-0.2, 0) is 0 Å². The molecule has 2 N–H and O–H groups in total. The lowest BCUT2D eigenvalue weighted by Gasteiger charge is -2.11. The number of rotatable bonds is 5. The SMILES string of the molecule is CCOc1ccccc1NC(=O)c1[nH]c2ccc(OC)cc2c1C. The summed E-state index contributed by atoms with van der Waals surface area (Å²) in [6.45, 7) is 4.37. The molecule has 0 radical (unpaired) electrons. The van der Waals surface area contributed by atoms with Crippen LogP contribution in [0.5, 0.6) is 11.5 Å². The Kier molecular flexibility index (Phi) is 4.42. The van der Waals surface area contributed by atoms with Crippen LogP contribution in [0.3, 0.4) is 0 Å². The fourth-order valence-corrected chi connectivity index (χ4v) is 2.70. The van der Waals surface area contributed by atoms with Crippen LogP contribution in [0.2, 0.25) is 0 Å². The normalized spacial score (nSPS) is 10.6. The van der Waals surface area contributed by atoms with E-state index in [4.69, 9.17) is 9.47 Å². The second kappa shape index (κ2) is 6.66. The number of H-pyrrole nitrogens is 1. The Labute approximate surface area is 140 Å². The first-order chi connectivity index (χ1) is 11.6. The fourth-order valence-electron chi connectivity index (χ4n) is 2.70. The van der Waals surface area contributed by atoms with Crippen LogP contribution in [0.15, 0.2) is 42.5 Å². The summed E-state index contributed by atoms with van der Waals surface area (Å²) in [4.78, 5) is 15.9. The van der Waals surface area contributed by atoms with Crippen LogP contribution in [0, 0.1) is 6.92 Å². The lowest BCUT2D eigenvalue weighted by Crippen LogP contribution is -2.14. The van der Waals surface area contributed by atoms with Gasteiger partial charge in [-0.05, 0) is 49.7 Å². The number of hydrogen-bond donors (Lipinski definition) is 2. The number of carbonyl (C=O) groups excluding carboxylic acids is 1. The van der Waals surface area contributed by atoms with E-state index in [0.29, 0.717) is 23.7 Å². The number of aromatic nitrogens is 1. The molecule has 3 aromatic rings. The first-order valence-corrected chi connectivity index (χ1v) is 7.83. The molecule has 5 nitrogen and oxygen atoms in total. The fraction of sp³-hybridized carbons (Fsp3) is 0.211. The van der Waals surface area contributed by atoms with E-state index in [2.05, 4.69) is 10.3 Å². The molecule has 0 aliphatic heterocycles. The predicted molar refractivity (Wildman–Crippen MR) is 95.2 cm³/mol. The van der Waals surface area contributed by atoms with Gasteiger partial charge in [-0.25, -0.2) is 0 Å². The third kappa shape index (κ3) is 2.93. The zero-order valence-corrected chi connectivity index (χ0v) is 14.0. The number of nitrogens with one attached hydrogen (secondary N) is 2. The number of aryl methyl sites for hydroxylation is 1. The highest BCUT2D eigenvalue weighted by Gasteiger charge is 2.16. The summed E-state index contributed by atoms with van der Waals surface area (Å²) < 4.78 is 10.8. The minimum atomic E-state index is -0.199. The minimum absolute atomic E-state index is 0.199. The molecule has 0 bridgehead atoms. The van der Waals surface area contributed by atoms with Gasteiger partial charge in [0.1, 0.15) is 17.2 Å². The van der Waals surface area contributed by atoms with Gasteiger partial charge < -0.3 is 19.8 Å². The molecule has 0 atom stereocenters. The average Bonchev–Trinajstić information content (AvgIpc) is 2.93. The molecular formula is C19H20N2O3. The van der Waals surface area contributed by atoms with Crippen molar-refractivity contribution >= 4 is 22.5 Å². The van der Waals surface area contributed by atoms with E-state index < -0.39 is 0 Å². The Morgan fingerprint density at radius 2 is 2.00 bits per heavy atom. The number of ether oxygens (including phenoxy) is 2. The molecular weight excluding hydrogens is 304 g/mol. The van der Waals surface area contributed by atoms with Crippen LogP contribution in [0.1, 0.15) is 23.0 Å². The van der Waals surface area contributed by atoms with Crippen molar-refractivity contribution in [3.05, 3.63) is 53.7 Å².